The SMILES string of the molecule is C[C@H]1c2ncc(Cn3cncn3)n2CCN1CC1CC1. The van der Waals surface area contributed by atoms with Crippen molar-refractivity contribution in [2.24, 2.45) is 5.92 Å². The summed E-state index contributed by atoms with van der Waals surface area (Å²) in [7, 11) is 0. The summed E-state index contributed by atoms with van der Waals surface area (Å²) in [6, 6.07) is 0.425. The number of rotatable bonds is 4. The molecule has 6 nitrogen and oxygen atoms in total. The molecule has 106 valence electrons. The van der Waals surface area contributed by atoms with E-state index >= 15 is 0 Å². The van der Waals surface area contributed by atoms with E-state index in [1.807, 2.05) is 10.9 Å². The molecule has 0 bridgehead atoms. The van der Waals surface area contributed by atoms with Crippen molar-refractivity contribution in [3.63, 3.8) is 0 Å². The number of fused-ring (bicyclic) bond motifs is 1. The molecule has 0 radical (unpaired) electrons. The van der Waals surface area contributed by atoms with Crippen LogP contribution in [-0.2, 0) is 13.1 Å². The fraction of sp³-hybridized carbons (Fsp3) is 0.643. The Labute approximate surface area is 118 Å². The Balaban J connectivity index is 1.54. The first-order valence-electron chi connectivity index (χ1n) is 7.42. The van der Waals surface area contributed by atoms with Gasteiger partial charge >= 0.3 is 0 Å². The number of hydrogen-bond acceptors (Lipinski definition) is 4. The predicted octanol–water partition coefficient (Wildman–Crippen LogP) is 1.31. The zero-order chi connectivity index (χ0) is 13.5. The van der Waals surface area contributed by atoms with Gasteiger partial charge in [-0.3, -0.25) is 4.90 Å². The van der Waals surface area contributed by atoms with E-state index in [1.54, 1.807) is 12.7 Å². The zero-order valence-corrected chi connectivity index (χ0v) is 11.8. The third kappa shape index (κ3) is 2.14. The molecule has 20 heavy (non-hydrogen) atoms. The topological polar surface area (TPSA) is 51.8 Å². The number of hydrogen-bond donors (Lipinski definition) is 0. The first-order valence-corrected chi connectivity index (χ1v) is 7.42. The van der Waals surface area contributed by atoms with Gasteiger partial charge in [-0.25, -0.2) is 14.6 Å². The van der Waals surface area contributed by atoms with Crippen molar-refractivity contribution < 1.29 is 0 Å². The first kappa shape index (κ1) is 12.1. The molecule has 1 fully saturated rings. The molecule has 0 saturated heterocycles. The summed E-state index contributed by atoms with van der Waals surface area (Å²) in [6.07, 6.45) is 8.15. The van der Waals surface area contributed by atoms with Gasteiger partial charge in [-0.05, 0) is 25.7 Å². The normalized spacial score (nSPS) is 22.9. The lowest BCUT2D eigenvalue weighted by molar-refractivity contribution is 0.156. The van der Waals surface area contributed by atoms with Crippen LogP contribution in [0.2, 0.25) is 0 Å². The molecule has 2 aliphatic rings. The Morgan fingerprint density at radius 1 is 1.30 bits per heavy atom. The van der Waals surface area contributed by atoms with Crippen molar-refractivity contribution in [1.29, 1.82) is 0 Å². The molecule has 1 aliphatic carbocycles. The minimum absolute atomic E-state index is 0.425. The molecular weight excluding hydrogens is 252 g/mol. The number of nitrogens with zero attached hydrogens (tertiary/aromatic N) is 6. The van der Waals surface area contributed by atoms with Gasteiger partial charge < -0.3 is 4.57 Å². The maximum Gasteiger partial charge on any atom is 0.137 e. The van der Waals surface area contributed by atoms with E-state index in [-0.39, 0.29) is 0 Å². The summed E-state index contributed by atoms with van der Waals surface area (Å²) in [5.41, 5.74) is 1.23. The van der Waals surface area contributed by atoms with E-state index in [0.29, 0.717) is 6.04 Å². The first-order chi connectivity index (χ1) is 9.81. The van der Waals surface area contributed by atoms with Crippen LogP contribution >= 0.6 is 0 Å². The lowest BCUT2D eigenvalue weighted by Gasteiger charge is -2.34. The van der Waals surface area contributed by atoms with Crippen molar-refractivity contribution >= 4 is 0 Å². The van der Waals surface area contributed by atoms with Gasteiger partial charge in [0.25, 0.3) is 0 Å². The summed E-state index contributed by atoms with van der Waals surface area (Å²) in [6.45, 7) is 6.44. The Morgan fingerprint density at radius 2 is 2.20 bits per heavy atom. The van der Waals surface area contributed by atoms with Gasteiger partial charge in [0, 0.05) is 19.6 Å². The molecule has 0 spiro atoms. The summed E-state index contributed by atoms with van der Waals surface area (Å²) >= 11 is 0. The minimum atomic E-state index is 0.425. The maximum atomic E-state index is 4.66. The van der Waals surface area contributed by atoms with Gasteiger partial charge in [0.05, 0.1) is 24.5 Å². The molecule has 4 rings (SSSR count). The van der Waals surface area contributed by atoms with E-state index in [1.165, 1.54) is 30.9 Å². The van der Waals surface area contributed by atoms with E-state index in [9.17, 15) is 0 Å². The van der Waals surface area contributed by atoms with Crippen molar-refractivity contribution in [2.45, 2.75) is 38.9 Å². The molecule has 0 amide bonds. The van der Waals surface area contributed by atoms with Gasteiger partial charge in [0.1, 0.15) is 18.5 Å². The quantitative estimate of drug-likeness (QED) is 0.842. The molecular formula is C14H20N6. The highest BCUT2D eigenvalue weighted by molar-refractivity contribution is 5.11. The largest absolute Gasteiger partial charge is 0.328 e. The lowest BCUT2D eigenvalue weighted by atomic mass is 10.2. The smallest absolute Gasteiger partial charge is 0.137 e. The molecule has 1 atom stereocenters. The summed E-state index contributed by atoms with van der Waals surface area (Å²) in [5.74, 6) is 2.14. The number of aromatic nitrogens is 5. The van der Waals surface area contributed by atoms with Crippen LogP contribution in [-0.4, -0.2) is 42.3 Å². The third-order valence-electron chi connectivity index (χ3n) is 4.48. The number of imidazole rings is 1. The van der Waals surface area contributed by atoms with Gasteiger partial charge in [-0.15, -0.1) is 0 Å². The highest BCUT2D eigenvalue weighted by Crippen LogP contribution is 2.34. The average Bonchev–Trinajstić information content (AvgIpc) is 2.96. The van der Waals surface area contributed by atoms with Gasteiger partial charge in [-0.2, -0.15) is 5.10 Å². The van der Waals surface area contributed by atoms with Crippen LogP contribution in [0.3, 0.4) is 0 Å². The van der Waals surface area contributed by atoms with E-state index < -0.39 is 0 Å². The van der Waals surface area contributed by atoms with Crippen molar-refractivity contribution in [3.8, 4) is 0 Å². The molecule has 6 heteroatoms. The molecule has 1 aliphatic heterocycles. The van der Waals surface area contributed by atoms with Gasteiger partial charge in [0.2, 0.25) is 0 Å². The fourth-order valence-electron chi connectivity index (χ4n) is 3.09. The Hall–Kier alpha value is -1.69. The molecule has 2 aromatic rings. The van der Waals surface area contributed by atoms with Crippen LogP contribution < -0.4 is 0 Å². The maximum absolute atomic E-state index is 4.66. The molecule has 2 aromatic heterocycles. The minimum Gasteiger partial charge on any atom is -0.328 e. The highest BCUT2D eigenvalue weighted by atomic mass is 15.3. The highest BCUT2D eigenvalue weighted by Gasteiger charge is 2.31. The summed E-state index contributed by atoms with van der Waals surface area (Å²) in [4.78, 5) is 11.2. The van der Waals surface area contributed by atoms with Gasteiger partial charge in [-0.1, -0.05) is 0 Å². The monoisotopic (exact) mass is 272 g/mol. The van der Waals surface area contributed by atoms with E-state index in [2.05, 4.69) is 31.5 Å². The molecule has 0 N–H and O–H groups in total. The van der Waals surface area contributed by atoms with Crippen LogP contribution in [0.1, 0.15) is 37.3 Å². The second-order valence-corrected chi connectivity index (χ2v) is 5.97. The van der Waals surface area contributed by atoms with Crippen LogP contribution in [0.25, 0.3) is 0 Å². The lowest BCUT2D eigenvalue weighted by Crippen LogP contribution is -2.38. The van der Waals surface area contributed by atoms with Crippen LogP contribution in [0.5, 0.6) is 0 Å². The van der Waals surface area contributed by atoms with Crippen LogP contribution in [0, 0.1) is 5.92 Å². The van der Waals surface area contributed by atoms with Crippen LogP contribution in [0.15, 0.2) is 18.9 Å². The molecule has 3 heterocycles. The third-order valence-corrected chi connectivity index (χ3v) is 4.48. The molecule has 0 unspecified atom stereocenters. The Bertz CT molecular complexity index is 583. The van der Waals surface area contributed by atoms with Crippen molar-refractivity contribution in [1.82, 2.24) is 29.2 Å². The Morgan fingerprint density at radius 3 is 2.95 bits per heavy atom. The average molecular weight is 272 g/mol. The van der Waals surface area contributed by atoms with E-state index in [0.717, 1.165) is 25.6 Å². The van der Waals surface area contributed by atoms with Crippen LogP contribution in [0.4, 0.5) is 0 Å². The summed E-state index contributed by atoms with van der Waals surface area (Å²) < 4.78 is 4.21. The summed E-state index contributed by atoms with van der Waals surface area (Å²) in [5, 5.41) is 4.18. The second kappa shape index (κ2) is 4.70. The predicted molar refractivity (Wildman–Crippen MR) is 74.1 cm³/mol. The van der Waals surface area contributed by atoms with E-state index in [4.69, 9.17) is 0 Å². The molecule has 1 saturated carbocycles. The fourth-order valence-corrected chi connectivity index (χ4v) is 3.09. The van der Waals surface area contributed by atoms with Crippen molar-refractivity contribution in [3.05, 3.63) is 30.4 Å². The Kier molecular flexibility index (Phi) is 2.84. The standard InChI is InChI=1S/C14H20N6/c1-11-14-16-6-13(8-19-10-15-9-17-19)20(14)5-4-18(11)7-12-2-3-12/h6,9-12H,2-5,7-8H2,1H3/t11-/m0/s1. The zero-order valence-electron chi connectivity index (χ0n) is 11.8. The van der Waals surface area contributed by atoms with Crippen molar-refractivity contribution in [2.75, 3.05) is 13.1 Å². The van der Waals surface area contributed by atoms with Gasteiger partial charge in [0.15, 0.2) is 0 Å². The second-order valence-electron chi connectivity index (χ2n) is 5.97. The molecule has 0 aromatic carbocycles.